The molecule has 1 saturated heterocycles. The fourth-order valence-electron chi connectivity index (χ4n) is 4.62. The third-order valence-corrected chi connectivity index (χ3v) is 11.3. The second-order valence-corrected chi connectivity index (χ2v) is 13.8. The van der Waals surface area contributed by atoms with Gasteiger partial charge in [-0.2, -0.15) is 9.37 Å². The predicted molar refractivity (Wildman–Crippen MR) is 145 cm³/mol. The average molecular weight is 574 g/mol. The second kappa shape index (κ2) is 10.4. The summed E-state index contributed by atoms with van der Waals surface area (Å²) in [6, 6.07) is 6.35. The summed E-state index contributed by atoms with van der Waals surface area (Å²) in [5.74, 6) is 2.03. The van der Waals surface area contributed by atoms with Crippen LogP contribution < -0.4 is 0 Å². The molecule has 2 aliphatic rings. The molecule has 38 heavy (non-hydrogen) atoms. The highest BCUT2D eigenvalue weighted by Gasteiger charge is 2.39. The number of hydrogen-bond donors (Lipinski definition) is 1. The summed E-state index contributed by atoms with van der Waals surface area (Å²) in [6.07, 6.45) is 6.02. The van der Waals surface area contributed by atoms with Crippen LogP contribution in [0.5, 0.6) is 0 Å². The Morgan fingerprint density at radius 2 is 2.00 bits per heavy atom. The summed E-state index contributed by atoms with van der Waals surface area (Å²) in [7, 11) is -0.608. The largest absolute Gasteiger partial charge is 0.349 e. The summed E-state index contributed by atoms with van der Waals surface area (Å²) in [4.78, 5) is 34.6. The van der Waals surface area contributed by atoms with Gasteiger partial charge in [0.2, 0.25) is 5.91 Å². The van der Waals surface area contributed by atoms with Crippen molar-refractivity contribution in [2.75, 3.05) is 40.3 Å². The van der Waals surface area contributed by atoms with Crippen LogP contribution in [0.4, 0.5) is 0 Å². The predicted octanol–water partition coefficient (Wildman–Crippen LogP) is 2.08. The molecule has 200 valence electrons. The van der Waals surface area contributed by atoms with Gasteiger partial charge in [0, 0.05) is 68.3 Å². The summed E-state index contributed by atoms with van der Waals surface area (Å²) in [6.45, 7) is 0.981. The molecule has 1 atom stereocenters. The molecule has 4 heterocycles. The van der Waals surface area contributed by atoms with E-state index in [-0.39, 0.29) is 47.1 Å². The molecule has 1 unspecified atom stereocenters. The van der Waals surface area contributed by atoms with Crippen LogP contribution in [0.25, 0.3) is 10.1 Å². The van der Waals surface area contributed by atoms with E-state index >= 15 is 0 Å². The maximum atomic E-state index is 13.6. The number of nitrogens with zero attached hydrogens (tertiary/aromatic N) is 5. The first-order valence-electron chi connectivity index (χ1n) is 12.0. The van der Waals surface area contributed by atoms with Gasteiger partial charge in [0.05, 0.1) is 18.3 Å². The van der Waals surface area contributed by atoms with Gasteiger partial charge in [-0.15, -0.1) is 29.1 Å². The molecule has 0 radical (unpaired) electrons. The molecule has 0 aliphatic carbocycles. The van der Waals surface area contributed by atoms with Gasteiger partial charge in [-0.3, -0.25) is 9.59 Å². The van der Waals surface area contributed by atoms with Gasteiger partial charge in [-0.25, -0.2) is 13.4 Å². The SMILES string of the molecule is C#Cc1ccc2cc(S(=O)(=O)N3CCN(C(=O)c4nc5c(s4)CN(O)CC5)C(CC(=O)N(C)C)C3)sc2c1. The van der Waals surface area contributed by atoms with Crippen molar-refractivity contribution in [1.82, 2.24) is 24.2 Å². The first-order chi connectivity index (χ1) is 18.1. The first-order valence-corrected chi connectivity index (χ1v) is 15.1. The third kappa shape index (κ3) is 5.07. The van der Waals surface area contributed by atoms with E-state index in [1.807, 2.05) is 0 Å². The molecular weight excluding hydrogens is 547 g/mol. The fraction of sp³-hybridized carbons (Fsp3) is 0.400. The van der Waals surface area contributed by atoms with Crippen LogP contribution in [0.2, 0.25) is 0 Å². The lowest BCUT2D eigenvalue weighted by Gasteiger charge is -2.40. The van der Waals surface area contributed by atoms with Gasteiger partial charge in [-0.05, 0) is 23.6 Å². The van der Waals surface area contributed by atoms with Crippen molar-refractivity contribution in [3.05, 3.63) is 45.4 Å². The molecule has 1 N–H and O–H groups in total. The lowest BCUT2D eigenvalue weighted by atomic mass is 10.1. The molecule has 0 bridgehead atoms. The zero-order valence-corrected chi connectivity index (χ0v) is 23.4. The van der Waals surface area contributed by atoms with E-state index in [1.165, 1.54) is 25.6 Å². The van der Waals surface area contributed by atoms with E-state index in [0.29, 0.717) is 25.1 Å². The highest BCUT2D eigenvalue weighted by Crippen LogP contribution is 2.33. The number of hydrogen-bond acceptors (Lipinski definition) is 9. The van der Waals surface area contributed by atoms with Crippen LogP contribution in [-0.2, 0) is 27.8 Å². The lowest BCUT2D eigenvalue weighted by molar-refractivity contribution is -0.130. The van der Waals surface area contributed by atoms with Crippen LogP contribution in [0.1, 0.15) is 32.4 Å². The zero-order valence-electron chi connectivity index (χ0n) is 21.0. The van der Waals surface area contributed by atoms with Crippen LogP contribution in [0, 0.1) is 12.3 Å². The molecule has 0 spiro atoms. The van der Waals surface area contributed by atoms with Crippen molar-refractivity contribution < 1.29 is 23.2 Å². The number of thiophene rings is 1. The molecule has 0 saturated carbocycles. The maximum Gasteiger partial charge on any atom is 0.283 e. The molecule has 2 aliphatic heterocycles. The zero-order chi connectivity index (χ0) is 27.2. The average Bonchev–Trinajstić information content (AvgIpc) is 3.52. The number of terminal acetylenes is 1. The lowest BCUT2D eigenvalue weighted by Crippen LogP contribution is -2.57. The van der Waals surface area contributed by atoms with Crippen LogP contribution in [-0.4, -0.2) is 95.9 Å². The smallest absolute Gasteiger partial charge is 0.283 e. The molecule has 5 rings (SSSR count). The second-order valence-electron chi connectivity index (χ2n) is 9.50. The van der Waals surface area contributed by atoms with E-state index in [1.54, 1.807) is 43.3 Å². The number of sulfonamides is 1. The summed E-state index contributed by atoms with van der Waals surface area (Å²) in [5.41, 5.74) is 1.47. The van der Waals surface area contributed by atoms with Crippen LogP contribution >= 0.6 is 22.7 Å². The fourth-order valence-corrected chi connectivity index (χ4v) is 8.75. The van der Waals surface area contributed by atoms with Gasteiger partial charge < -0.3 is 15.0 Å². The Morgan fingerprint density at radius 3 is 2.74 bits per heavy atom. The molecule has 10 nitrogen and oxygen atoms in total. The highest BCUT2D eigenvalue weighted by atomic mass is 32.2. The van der Waals surface area contributed by atoms with Crippen molar-refractivity contribution in [2.24, 2.45) is 0 Å². The monoisotopic (exact) mass is 573 g/mol. The molecule has 2 aromatic heterocycles. The van der Waals surface area contributed by atoms with Gasteiger partial charge in [0.25, 0.3) is 15.9 Å². The van der Waals surface area contributed by atoms with Gasteiger partial charge in [-0.1, -0.05) is 12.0 Å². The number of piperazine rings is 1. The molecule has 1 fully saturated rings. The Morgan fingerprint density at radius 1 is 1.21 bits per heavy atom. The summed E-state index contributed by atoms with van der Waals surface area (Å²) >= 11 is 2.39. The van der Waals surface area contributed by atoms with E-state index in [4.69, 9.17) is 6.42 Å². The molecule has 13 heteroatoms. The topological polar surface area (TPSA) is 114 Å². The molecule has 3 aromatic rings. The molecular formula is C25H27N5O5S3. The third-order valence-electron chi connectivity index (χ3n) is 6.77. The van der Waals surface area contributed by atoms with E-state index < -0.39 is 16.1 Å². The number of carbonyl (C=O) groups is 2. The number of aromatic nitrogens is 1. The van der Waals surface area contributed by atoms with E-state index in [9.17, 15) is 23.2 Å². The van der Waals surface area contributed by atoms with Gasteiger partial charge in [0.15, 0.2) is 5.01 Å². The van der Waals surface area contributed by atoms with Crippen LogP contribution in [0.3, 0.4) is 0 Å². The number of benzene rings is 1. The molecule has 1 aromatic carbocycles. The number of amides is 2. The van der Waals surface area contributed by atoms with E-state index in [2.05, 4.69) is 10.9 Å². The minimum absolute atomic E-state index is 0.00693. The van der Waals surface area contributed by atoms with Crippen molar-refractivity contribution in [3.63, 3.8) is 0 Å². The minimum atomic E-state index is -3.86. The van der Waals surface area contributed by atoms with E-state index in [0.717, 1.165) is 32.0 Å². The Kier molecular flexibility index (Phi) is 7.29. The van der Waals surface area contributed by atoms with Crippen molar-refractivity contribution >= 4 is 54.6 Å². The van der Waals surface area contributed by atoms with Crippen LogP contribution in [0.15, 0.2) is 28.5 Å². The molecule has 2 amide bonds. The Labute approximate surface area is 229 Å². The Hall–Kier alpha value is -2.86. The van der Waals surface area contributed by atoms with Crippen molar-refractivity contribution in [3.8, 4) is 12.3 Å². The number of thiazole rings is 1. The quantitative estimate of drug-likeness (QED) is 0.465. The number of carbonyl (C=O) groups excluding carboxylic acids is 2. The number of rotatable bonds is 5. The highest BCUT2D eigenvalue weighted by molar-refractivity contribution is 7.91. The first kappa shape index (κ1) is 26.7. The summed E-state index contributed by atoms with van der Waals surface area (Å²) < 4.78 is 29.6. The van der Waals surface area contributed by atoms with Crippen molar-refractivity contribution in [2.45, 2.75) is 29.6 Å². The normalized spacial score (nSPS) is 18.8. The van der Waals surface area contributed by atoms with Crippen molar-refractivity contribution in [1.29, 1.82) is 0 Å². The summed E-state index contributed by atoms with van der Waals surface area (Å²) in [5, 5.41) is 12.1. The maximum absolute atomic E-state index is 13.6. The minimum Gasteiger partial charge on any atom is -0.349 e. The number of hydroxylamine groups is 2. The number of fused-ring (bicyclic) bond motifs is 2. The standard InChI is InChI=1S/C25H27N5O5S3/c1-4-16-5-6-17-12-23(36-20(17)11-16)38(34,35)29-9-10-30(18(14-29)13-22(31)27(2)3)25(32)24-26-19-7-8-28(33)15-21(19)37-24/h1,5-6,11-12,18,33H,7-10,13-15H2,2-3H3. The Balaban J connectivity index is 1.41. The Bertz CT molecular complexity index is 1550. The van der Waals surface area contributed by atoms with Gasteiger partial charge >= 0.3 is 0 Å². The van der Waals surface area contributed by atoms with Gasteiger partial charge in [0.1, 0.15) is 4.21 Å².